The van der Waals surface area contributed by atoms with Crippen LogP contribution in [0.25, 0.3) is 22.5 Å². The molecule has 1 aromatic carbocycles. The van der Waals surface area contributed by atoms with Crippen molar-refractivity contribution in [2.24, 2.45) is 5.92 Å². The van der Waals surface area contributed by atoms with Gasteiger partial charge in [-0.05, 0) is 69.1 Å². The Labute approximate surface area is 182 Å². The highest BCUT2D eigenvalue weighted by molar-refractivity contribution is 7.89. The van der Waals surface area contributed by atoms with Crippen LogP contribution in [0.5, 0.6) is 0 Å². The highest BCUT2D eigenvalue weighted by Gasteiger charge is 2.21. The molecule has 9 heteroatoms. The molecule has 0 aliphatic carbocycles. The maximum absolute atomic E-state index is 12.9. The lowest BCUT2D eigenvalue weighted by atomic mass is 10.1. The van der Waals surface area contributed by atoms with Gasteiger partial charge >= 0.3 is 0 Å². The van der Waals surface area contributed by atoms with Gasteiger partial charge in [-0.15, -0.1) is 0 Å². The third-order valence-corrected chi connectivity index (χ3v) is 6.91. The molecule has 1 aliphatic heterocycles. The molecule has 1 fully saturated rings. The largest absolute Gasteiger partial charge is 0.382 e. The molecule has 0 spiro atoms. The number of rotatable bonds is 6. The second-order valence-corrected chi connectivity index (χ2v) is 9.63. The van der Waals surface area contributed by atoms with Gasteiger partial charge < -0.3 is 11.1 Å². The number of anilines is 1. The van der Waals surface area contributed by atoms with Crippen LogP contribution in [0, 0.1) is 19.8 Å². The Morgan fingerprint density at radius 2 is 2.03 bits per heavy atom. The average Bonchev–Trinajstić information content (AvgIpc) is 3.27. The number of nitrogens with zero attached hydrogens (tertiary/aromatic N) is 3. The summed E-state index contributed by atoms with van der Waals surface area (Å²) in [6, 6.07) is 8.76. The fourth-order valence-corrected chi connectivity index (χ4v) is 4.82. The summed E-state index contributed by atoms with van der Waals surface area (Å²) in [5.74, 6) is 0.622. The number of benzene rings is 1. The molecule has 1 aliphatic rings. The lowest BCUT2D eigenvalue weighted by Gasteiger charge is -2.13. The normalized spacial score (nSPS) is 16.5. The maximum Gasteiger partial charge on any atom is 0.240 e. The second-order valence-electron chi connectivity index (χ2n) is 7.86. The summed E-state index contributed by atoms with van der Waals surface area (Å²) in [7, 11) is -3.63. The van der Waals surface area contributed by atoms with Gasteiger partial charge in [0.15, 0.2) is 0 Å². The molecule has 162 valence electrons. The van der Waals surface area contributed by atoms with Crippen molar-refractivity contribution in [3.8, 4) is 22.5 Å². The second kappa shape index (κ2) is 8.70. The number of hydrogen-bond acceptors (Lipinski definition) is 7. The molecule has 4 rings (SSSR count). The van der Waals surface area contributed by atoms with Crippen molar-refractivity contribution in [3.63, 3.8) is 0 Å². The topological polar surface area (TPSA) is 123 Å². The predicted octanol–water partition coefficient (Wildman–Crippen LogP) is 2.29. The molecular formula is C22H26N6O2S. The van der Waals surface area contributed by atoms with Gasteiger partial charge in [-0.1, -0.05) is 6.07 Å². The smallest absolute Gasteiger partial charge is 0.240 e. The number of hydrogen-bond donors (Lipinski definition) is 3. The molecule has 0 saturated carbocycles. The average molecular weight is 439 g/mol. The SMILES string of the molecule is Cc1cc(-c2nc(-c3cc(S(=O)(=O)NCC4CCNC4)ccc3C)cnc2N)ccn1. The first-order valence-electron chi connectivity index (χ1n) is 10.2. The van der Waals surface area contributed by atoms with E-state index in [9.17, 15) is 8.42 Å². The first-order chi connectivity index (χ1) is 14.8. The standard InChI is InChI=1S/C22H26N6O2S/c1-14-3-4-18(31(29,30)27-12-16-5-7-24-11-16)10-19(14)20-13-26-22(23)21(28-20)17-6-8-25-15(2)9-17/h3-4,6,8-10,13,16,24,27H,5,7,11-12H2,1-2H3,(H2,23,26). The van der Waals surface area contributed by atoms with Gasteiger partial charge in [-0.3, -0.25) is 4.98 Å². The van der Waals surface area contributed by atoms with Crippen molar-refractivity contribution in [3.05, 3.63) is 54.0 Å². The van der Waals surface area contributed by atoms with Crippen LogP contribution in [0.2, 0.25) is 0 Å². The predicted molar refractivity (Wildman–Crippen MR) is 121 cm³/mol. The van der Waals surface area contributed by atoms with E-state index in [-0.39, 0.29) is 4.90 Å². The maximum atomic E-state index is 12.9. The van der Waals surface area contributed by atoms with Crippen LogP contribution >= 0.6 is 0 Å². The van der Waals surface area contributed by atoms with Crippen LogP contribution in [0.4, 0.5) is 5.82 Å². The molecule has 0 radical (unpaired) electrons. The van der Waals surface area contributed by atoms with Gasteiger partial charge in [0.05, 0.1) is 16.8 Å². The van der Waals surface area contributed by atoms with E-state index in [0.717, 1.165) is 36.3 Å². The first-order valence-corrected chi connectivity index (χ1v) is 11.7. The molecule has 3 aromatic rings. The van der Waals surface area contributed by atoms with Gasteiger partial charge in [-0.25, -0.2) is 23.1 Å². The zero-order chi connectivity index (χ0) is 22.0. The molecular weight excluding hydrogens is 412 g/mol. The van der Waals surface area contributed by atoms with Crippen molar-refractivity contribution in [2.45, 2.75) is 25.2 Å². The fourth-order valence-electron chi connectivity index (χ4n) is 3.68. The Hall–Kier alpha value is -2.88. The van der Waals surface area contributed by atoms with Gasteiger partial charge in [-0.2, -0.15) is 0 Å². The Morgan fingerprint density at radius 1 is 1.19 bits per heavy atom. The summed E-state index contributed by atoms with van der Waals surface area (Å²) in [6.07, 6.45) is 4.24. The summed E-state index contributed by atoms with van der Waals surface area (Å²) in [5, 5.41) is 3.25. The van der Waals surface area contributed by atoms with Crippen molar-refractivity contribution in [1.29, 1.82) is 0 Å². The van der Waals surface area contributed by atoms with Crippen molar-refractivity contribution >= 4 is 15.8 Å². The Bertz CT molecular complexity index is 1210. The number of aryl methyl sites for hydroxylation is 2. The minimum Gasteiger partial charge on any atom is -0.382 e. The van der Waals surface area contributed by atoms with E-state index in [1.165, 1.54) is 0 Å². The summed E-state index contributed by atoms with van der Waals surface area (Å²) in [6.45, 7) is 5.99. The fraction of sp³-hybridized carbons (Fsp3) is 0.318. The molecule has 1 atom stereocenters. The highest BCUT2D eigenvalue weighted by Crippen LogP contribution is 2.29. The zero-order valence-electron chi connectivity index (χ0n) is 17.6. The van der Waals surface area contributed by atoms with E-state index < -0.39 is 10.0 Å². The molecule has 1 unspecified atom stereocenters. The van der Waals surface area contributed by atoms with E-state index in [4.69, 9.17) is 10.7 Å². The number of pyridine rings is 1. The van der Waals surface area contributed by atoms with Crippen molar-refractivity contribution < 1.29 is 8.42 Å². The lowest BCUT2D eigenvalue weighted by molar-refractivity contribution is 0.539. The summed E-state index contributed by atoms with van der Waals surface area (Å²) < 4.78 is 28.5. The van der Waals surface area contributed by atoms with E-state index in [0.29, 0.717) is 35.2 Å². The molecule has 2 aromatic heterocycles. The van der Waals surface area contributed by atoms with Crippen LogP contribution in [0.3, 0.4) is 0 Å². The number of nitrogens with one attached hydrogen (secondary N) is 2. The molecule has 31 heavy (non-hydrogen) atoms. The highest BCUT2D eigenvalue weighted by atomic mass is 32.2. The summed E-state index contributed by atoms with van der Waals surface area (Å²) >= 11 is 0. The minimum atomic E-state index is -3.63. The van der Waals surface area contributed by atoms with Crippen LogP contribution in [-0.4, -0.2) is 43.0 Å². The number of sulfonamides is 1. The van der Waals surface area contributed by atoms with E-state index in [1.54, 1.807) is 30.6 Å². The summed E-state index contributed by atoms with van der Waals surface area (Å²) in [4.78, 5) is 13.4. The monoisotopic (exact) mass is 438 g/mol. The zero-order valence-corrected chi connectivity index (χ0v) is 18.4. The Morgan fingerprint density at radius 3 is 2.77 bits per heavy atom. The molecule has 3 heterocycles. The molecule has 0 amide bonds. The first kappa shape index (κ1) is 21.4. The quantitative estimate of drug-likeness (QED) is 0.539. The van der Waals surface area contributed by atoms with Gasteiger partial charge in [0, 0.05) is 29.6 Å². The summed E-state index contributed by atoms with van der Waals surface area (Å²) in [5.41, 5.74) is 10.4. The Balaban J connectivity index is 1.68. The van der Waals surface area contributed by atoms with Crippen molar-refractivity contribution in [2.75, 3.05) is 25.4 Å². The number of nitrogens with two attached hydrogens (primary N) is 1. The number of aromatic nitrogens is 3. The molecule has 8 nitrogen and oxygen atoms in total. The Kier molecular flexibility index (Phi) is 5.99. The number of nitrogen functional groups attached to an aromatic ring is 1. The molecule has 1 saturated heterocycles. The van der Waals surface area contributed by atoms with E-state index in [1.807, 2.05) is 26.0 Å². The van der Waals surface area contributed by atoms with Crippen molar-refractivity contribution in [1.82, 2.24) is 25.0 Å². The van der Waals surface area contributed by atoms with E-state index >= 15 is 0 Å². The molecule has 4 N–H and O–H groups in total. The van der Waals surface area contributed by atoms with Crippen LogP contribution in [0.1, 0.15) is 17.7 Å². The van der Waals surface area contributed by atoms with Gasteiger partial charge in [0.25, 0.3) is 0 Å². The molecule has 0 bridgehead atoms. The van der Waals surface area contributed by atoms with Crippen LogP contribution < -0.4 is 15.8 Å². The van der Waals surface area contributed by atoms with Gasteiger partial charge in [0.2, 0.25) is 10.0 Å². The third kappa shape index (κ3) is 4.73. The van der Waals surface area contributed by atoms with Gasteiger partial charge in [0.1, 0.15) is 11.5 Å². The van der Waals surface area contributed by atoms with Crippen LogP contribution in [-0.2, 0) is 10.0 Å². The van der Waals surface area contributed by atoms with Crippen LogP contribution in [0.15, 0.2) is 47.6 Å². The minimum absolute atomic E-state index is 0.207. The third-order valence-electron chi connectivity index (χ3n) is 5.49. The lowest BCUT2D eigenvalue weighted by Crippen LogP contribution is -2.30. The van der Waals surface area contributed by atoms with E-state index in [2.05, 4.69) is 20.0 Å².